The number of halogens is 15. The van der Waals surface area contributed by atoms with Gasteiger partial charge in [0.05, 0.1) is 50.1 Å². The van der Waals surface area contributed by atoms with Gasteiger partial charge in [0.15, 0.2) is 69.8 Å². The van der Waals surface area contributed by atoms with Gasteiger partial charge in [0.2, 0.25) is 37.5 Å². The number of benzene rings is 3. The Morgan fingerprint density at radius 1 is 0.365 bits per heavy atom. The van der Waals surface area contributed by atoms with Crippen LogP contribution in [0.5, 0.6) is 0 Å². The number of sulfonamides is 2. The number of piperidine rings is 2. The molecule has 3 N–H and O–H groups in total. The van der Waals surface area contributed by atoms with Crippen LogP contribution in [0.3, 0.4) is 0 Å². The van der Waals surface area contributed by atoms with E-state index in [-0.39, 0.29) is 51.9 Å². The van der Waals surface area contributed by atoms with Crippen molar-refractivity contribution in [2.75, 3.05) is 26.2 Å². The van der Waals surface area contributed by atoms with Gasteiger partial charge in [0.1, 0.15) is 9.79 Å². The maximum Gasteiger partial charge on any atom is 0.245 e. The number of aromatic nitrogens is 4. The molecule has 74 heavy (non-hydrogen) atoms. The molecule has 0 radical (unpaired) electrons. The summed E-state index contributed by atoms with van der Waals surface area (Å²) in [6.45, 7) is -0.789. The van der Waals surface area contributed by atoms with Gasteiger partial charge >= 0.3 is 0 Å². The summed E-state index contributed by atoms with van der Waals surface area (Å²) in [5, 5.41) is 0. The normalized spacial score (nSPS) is 16.0. The molecule has 10 nitrogen and oxygen atoms in total. The lowest BCUT2D eigenvalue weighted by Gasteiger charge is -2.25. The highest BCUT2D eigenvalue weighted by molar-refractivity contribution is 7.89. The van der Waals surface area contributed by atoms with E-state index in [0.29, 0.717) is 37.1 Å². The van der Waals surface area contributed by atoms with Crippen molar-refractivity contribution >= 4 is 54.3 Å². The van der Waals surface area contributed by atoms with Gasteiger partial charge in [-0.1, -0.05) is 12.8 Å². The van der Waals surface area contributed by atoms with Gasteiger partial charge in [0.25, 0.3) is 0 Å². The van der Waals surface area contributed by atoms with Crippen LogP contribution in [0.1, 0.15) is 61.3 Å². The lowest BCUT2D eigenvalue weighted by molar-refractivity contribution is 0.347. The van der Waals surface area contributed by atoms with Crippen molar-refractivity contribution in [3.8, 4) is 33.4 Å². The van der Waals surface area contributed by atoms with Crippen LogP contribution in [0, 0.1) is 87.3 Å². The van der Waals surface area contributed by atoms with E-state index >= 15 is 52.7 Å². The molecule has 10 rings (SSSR count). The topological polar surface area (TPSA) is 135 Å². The number of nitrogens with one attached hydrogen (secondary N) is 3. The highest BCUT2D eigenvalue weighted by Gasteiger charge is 2.38. The second kappa shape index (κ2) is 18.4. The zero-order valence-corrected chi connectivity index (χ0v) is 38.9. The fraction of sp³-hybridized carbons (Fsp3) is 0.255. The second-order valence-corrected chi connectivity index (χ2v) is 21.3. The van der Waals surface area contributed by atoms with Gasteiger partial charge in [0, 0.05) is 54.3 Å². The number of aromatic amines is 3. The number of hydrogen-bond donors (Lipinski definition) is 3. The summed E-state index contributed by atoms with van der Waals surface area (Å²) < 4.78 is 295. The monoisotopic (exact) mass is 1090 g/mol. The van der Waals surface area contributed by atoms with Crippen LogP contribution in [0.2, 0.25) is 0 Å². The molecule has 7 heterocycles. The van der Waals surface area contributed by atoms with Gasteiger partial charge in [-0.05, 0) is 62.8 Å². The maximum absolute atomic E-state index is 16.4. The molecule has 3 aromatic heterocycles. The summed E-state index contributed by atoms with van der Waals surface area (Å²) in [6, 6.07) is 1.30. The standard InChI is InChI=1S/C47H31F15N6O4S2/c48-31-28(32(49)38(55)43(60)37(31)54)25-17-7-8-19(63-17)26(29-33(50)39(56)44(61)40(57)34(29)51)21-15-23(73(69,70)67-11-3-1-4-12-67)46(65-21)22-16-24(74(71,72)68-13-5-2-6-14-68)47(66-22)27(20-10-9-18(25)64-20)30-35(52)41(58)45(62)42(59)36(30)53/h7-8,15-16,64-66H,1-6,9-14H2. The third-order valence-corrected chi connectivity index (χ3v) is 17.1. The average Bonchev–Trinajstić information content (AvgIpc) is 4.25. The van der Waals surface area contributed by atoms with E-state index in [2.05, 4.69) is 19.9 Å². The quantitative estimate of drug-likeness (QED) is 0.0830. The Bertz CT molecular complexity index is 3790. The Hall–Kier alpha value is -6.58. The number of nitrogens with zero attached hydrogens (tertiary/aromatic N) is 3. The zero-order chi connectivity index (χ0) is 53.2. The van der Waals surface area contributed by atoms with Gasteiger partial charge in [-0.25, -0.2) is 87.7 Å². The molecule has 0 spiro atoms. The van der Waals surface area contributed by atoms with Crippen LogP contribution in [-0.2, 0) is 32.9 Å². The Labute approximate surface area is 407 Å². The minimum Gasteiger partial charge on any atom is -0.361 e. The maximum atomic E-state index is 16.4. The number of rotatable bonds is 7. The van der Waals surface area contributed by atoms with Crippen LogP contribution < -0.4 is 0 Å². The minimum absolute atomic E-state index is 0.174. The number of hydrogen-bond acceptors (Lipinski definition) is 5. The smallest absolute Gasteiger partial charge is 0.245 e. The molecule has 6 aromatic rings. The molecular weight excluding hydrogens is 1060 g/mol. The Morgan fingerprint density at radius 3 is 1.12 bits per heavy atom. The van der Waals surface area contributed by atoms with Crippen molar-refractivity contribution in [1.29, 1.82) is 0 Å². The van der Waals surface area contributed by atoms with E-state index in [1.807, 2.05) is 0 Å². The molecular formula is C47H31F15N6O4S2. The summed E-state index contributed by atoms with van der Waals surface area (Å²) in [5.41, 5.74) is -16.0. The summed E-state index contributed by atoms with van der Waals surface area (Å²) in [5.74, 6) is -38.8. The predicted molar refractivity (Wildman–Crippen MR) is 235 cm³/mol. The molecule has 0 unspecified atom stereocenters. The van der Waals surface area contributed by atoms with Crippen LogP contribution >= 0.6 is 0 Å². The number of H-pyrrole nitrogens is 3. The van der Waals surface area contributed by atoms with Crippen LogP contribution in [0.15, 0.2) is 21.9 Å². The van der Waals surface area contributed by atoms with Crippen molar-refractivity contribution in [3.05, 3.63) is 122 Å². The molecule has 0 atom stereocenters. The first-order chi connectivity index (χ1) is 35.0. The third kappa shape index (κ3) is 7.73. The molecule has 4 aliphatic rings. The Balaban J connectivity index is 1.53. The van der Waals surface area contributed by atoms with Gasteiger partial charge in [-0.2, -0.15) is 8.61 Å². The molecule has 3 aromatic carbocycles. The highest BCUT2D eigenvalue weighted by Crippen LogP contribution is 2.45. The second-order valence-electron chi connectivity index (χ2n) is 17.5. The molecule has 0 aliphatic carbocycles. The zero-order valence-electron chi connectivity index (χ0n) is 37.3. The average molecular weight is 1090 g/mol. The molecule has 390 valence electrons. The molecule has 8 bridgehead atoms. The van der Waals surface area contributed by atoms with Crippen molar-refractivity contribution < 1.29 is 82.7 Å². The van der Waals surface area contributed by atoms with Crippen molar-refractivity contribution in [2.45, 2.75) is 61.2 Å². The van der Waals surface area contributed by atoms with Crippen LogP contribution in [-0.4, -0.2) is 71.6 Å². The first-order valence-electron chi connectivity index (χ1n) is 22.3. The summed E-state index contributed by atoms with van der Waals surface area (Å²) in [7, 11) is -10.1. The lowest BCUT2D eigenvalue weighted by atomic mass is 9.98. The van der Waals surface area contributed by atoms with Crippen LogP contribution in [0.25, 0.3) is 67.6 Å². The fourth-order valence-corrected chi connectivity index (χ4v) is 13.1. The van der Waals surface area contributed by atoms with Crippen LogP contribution in [0.4, 0.5) is 65.9 Å². The predicted octanol–water partition coefficient (Wildman–Crippen LogP) is 11.6. The number of aryl methyl sites for hydroxylation is 2. The largest absolute Gasteiger partial charge is 0.361 e. The SMILES string of the molecule is O=S(=O)(c1cc2[nH]c1c(-c1c(F)c(F)c(F)c(F)c1F)c1[nH]c(c(-c3c(F)c(F)c(F)c(F)c3F)c3nc(c(-c4c(F)c(F)c(F)c(F)c4F)c4cc(S(=O)(=O)N5CCCCC5)c2[nH]4)C=C3)CC1)N1CCCCC1. The van der Waals surface area contributed by atoms with Crippen molar-refractivity contribution in [1.82, 2.24) is 28.5 Å². The summed E-state index contributed by atoms with van der Waals surface area (Å²) in [6.07, 6.45) is 1.89. The fourth-order valence-electron chi connectivity index (χ4n) is 9.73. The first-order valence-corrected chi connectivity index (χ1v) is 25.1. The molecule has 2 fully saturated rings. The van der Waals surface area contributed by atoms with Gasteiger partial charge in [-0.3, -0.25) is 0 Å². The van der Waals surface area contributed by atoms with Crippen molar-refractivity contribution in [2.24, 2.45) is 0 Å². The van der Waals surface area contributed by atoms with E-state index in [9.17, 15) is 30.0 Å². The Kier molecular flexibility index (Phi) is 12.6. The number of fused-ring (bicyclic) bond motifs is 9. The van der Waals surface area contributed by atoms with E-state index in [0.717, 1.165) is 8.61 Å². The van der Waals surface area contributed by atoms with Gasteiger partial charge in [-0.15, -0.1) is 0 Å². The molecule has 4 aliphatic heterocycles. The minimum atomic E-state index is -5.09. The summed E-state index contributed by atoms with van der Waals surface area (Å²) in [4.78, 5) is 9.63. The summed E-state index contributed by atoms with van der Waals surface area (Å²) >= 11 is 0. The molecule has 0 amide bonds. The van der Waals surface area contributed by atoms with Gasteiger partial charge < -0.3 is 15.0 Å². The lowest BCUT2D eigenvalue weighted by Crippen LogP contribution is -2.35. The highest BCUT2D eigenvalue weighted by atomic mass is 32.2. The van der Waals surface area contributed by atoms with E-state index in [1.54, 1.807) is 0 Å². The molecule has 2 saturated heterocycles. The van der Waals surface area contributed by atoms with E-state index in [4.69, 9.17) is 0 Å². The Morgan fingerprint density at radius 2 is 0.689 bits per heavy atom. The first kappa shape index (κ1) is 50.9. The third-order valence-electron chi connectivity index (χ3n) is 13.3. The van der Waals surface area contributed by atoms with Crippen molar-refractivity contribution in [3.63, 3.8) is 0 Å². The molecule has 27 heteroatoms. The van der Waals surface area contributed by atoms with E-state index < -0.39 is 208 Å². The van der Waals surface area contributed by atoms with E-state index in [1.165, 1.54) is 0 Å². The molecule has 0 saturated carbocycles.